The summed E-state index contributed by atoms with van der Waals surface area (Å²) in [6.45, 7) is 10.5. The molecule has 18 heavy (non-hydrogen) atoms. The molecule has 3 atom stereocenters. The number of nitrogens with two attached hydrogens (primary N) is 1. The van der Waals surface area contributed by atoms with Gasteiger partial charge in [0.15, 0.2) is 0 Å². The molecule has 106 valence electrons. The standard InChI is InChI=1S/C14H28N2O2/c1-13(2)8-11(14(3,4)18-13)12(16-15)7-10-5-6-17-9-10/h10-12,16H,5-9,15H2,1-4H3. The first-order valence-electron chi connectivity index (χ1n) is 7.08. The van der Waals surface area contributed by atoms with Gasteiger partial charge in [0.1, 0.15) is 0 Å². The van der Waals surface area contributed by atoms with Crippen LogP contribution in [0, 0.1) is 11.8 Å². The van der Waals surface area contributed by atoms with Crippen LogP contribution in [-0.2, 0) is 9.47 Å². The van der Waals surface area contributed by atoms with Gasteiger partial charge in [0.25, 0.3) is 0 Å². The van der Waals surface area contributed by atoms with Gasteiger partial charge in [-0.05, 0) is 52.9 Å². The summed E-state index contributed by atoms with van der Waals surface area (Å²) in [5, 5.41) is 0. The quantitative estimate of drug-likeness (QED) is 0.595. The Kier molecular flexibility index (Phi) is 4.02. The molecule has 2 fully saturated rings. The lowest BCUT2D eigenvalue weighted by atomic mass is 9.78. The highest BCUT2D eigenvalue weighted by molar-refractivity contribution is 4.99. The highest BCUT2D eigenvalue weighted by Gasteiger charge is 2.49. The average molecular weight is 256 g/mol. The largest absolute Gasteiger partial charge is 0.381 e. The second kappa shape index (κ2) is 5.08. The molecule has 4 nitrogen and oxygen atoms in total. The Bertz CT molecular complexity index is 286. The van der Waals surface area contributed by atoms with Gasteiger partial charge in [0, 0.05) is 25.2 Å². The first kappa shape index (κ1) is 14.3. The van der Waals surface area contributed by atoms with E-state index in [-0.39, 0.29) is 11.2 Å². The molecule has 0 aliphatic carbocycles. The highest BCUT2D eigenvalue weighted by atomic mass is 16.5. The minimum Gasteiger partial charge on any atom is -0.381 e. The van der Waals surface area contributed by atoms with Crippen LogP contribution in [0.15, 0.2) is 0 Å². The number of ether oxygens (including phenoxy) is 2. The van der Waals surface area contributed by atoms with E-state index in [1.165, 1.54) is 0 Å². The fraction of sp³-hybridized carbons (Fsp3) is 1.00. The second-order valence-corrected chi connectivity index (χ2v) is 7.01. The van der Waals surface area contributed by atoms with Crippen molar-refractivity contribution in [2.45, 2.75) is 64.2 Å². The Morgan fingerprint density at radius 2 is 2.06 bits per heavy atom. The van der Waals surface area contributed by atoms with Crippen molar-refractivity contribution in [1.29, 1.82) is 0 Å². The minimum absolute atomic E-state index is 0.0462. The van der Waals surface area contributed by atoms with Crippen LogP contribution < -0.4 is 11.3 Å². The summed E-state index contributed by atoms with van der Waals surface area (Å²) in [5.41, 5.74) is 2.87. The van der Waals surface area contributed by atoms with E-state index in [2.05, 4.69) is 33.1 Å². The molecule has 0 amide bonds. The van der Waals surface area contributed by atoms with Gasteiger partial charge in [-0.3, -0.25) is 11.3 Å². The molecule has 3 N–H and O–H groups in total. The smallest absolute Gasteiger partial charge is 0.0678 e. The number of nitrogens with one attached hydrogen (secondary N) is 1. The Morgan fingerprint density at radius 1 is 1.33 bits per heavy atom. The molecule has 2 saturated heterocycles. The minimum atomic E-state index is -0.111. The summed E-state index contributed by atoms with van der Waals surface area (Å²) in [4.78, 5) is 0. The van der Waals surface area contributed by atoms with Crippen LogP contribution in [0.2, 0.25) is 0 Å². The second-order valence-electron chi connectivity index (χ2n) is 7.01. The molecule has 0 aromatic rings. The molecule has 2 aliphatic rings. The maximum Gasteiger partial charge on any atom is 0.0678 e. The van der Waals surface area contributed by atoms with Gasteiger partial charge in [-0.25, -0.2) is 0 Å². The van der Waals surface area contributed by atoms with Crippen molar-refractivity contribution < 1.29 is 9.47 Å². The van der Waals surface area contributed by atoms with E-state index >= 15 is 0 Å². The van der Waals surface area contributed by atoms with Crippen LogP contribution in [0.5, 0.6) is 0 Å². The molecule has 2 aliphatic heterocycles. The first-order chi connectivity index (χ1) is 8.34. The molecule has 3 unspecified atom stereocenters. The van der Waals surface area contributed by atoms with Gasteiger partial charge < -0.3 is 9.47 Å². The topological polar surface area (TPSA) is 56.5 Å². The van der Waals surface area contributed by atoms with Crippen LogP contribution in [0.3, 0.4) is 0 Å². The van der Waals surface area contributed by atoms with Crippen molar-refractivity contribution in [2.24, 2.45) is 17.7 Å². The fourth-order valence-corrected chi connectivity index (χ4v) is 3.71. The SMILES string of the molecule is CC1(C)CC(C(CC2CCOC2)NN)C(C)(C)O1. The Labute approximate surface area is 111 Å². The summed E-state index contributed by atoms with van der Waals surface area (Å²) >= 11 is 0. The molecule has 4 heteroatoms. The summed E-state index contributed by atoms with van der Waals surface area (Å²) in [7, 11) is 0. The molecule has 0 spiro atoms. The maximum atomic E-state index is 6.17. The summed E-state index contributed by atoms with van der Waals surface area (Å²) in [6, 6.07) is 0.313. The summed E-state index contributed by atoms with van der Waals surface area (Å²) in [6.07, 6.45) is 3.31. The monoisotopic (exact) mass is 256 g/mol. The molecule has 0 aromatic carbocycles. The predicted molar refractivity (Wildman–Crippen MR) is 72.0 cm³/mol. The molecule has 0 bridgehead atoms. The number of hydrogen-bond acceptors (Lipinski definition) is 4. The number of hydrazine groups is 1. The van der Waals surface area contributed by atoms with Crippen LogP contribution in [0.25, 0.3) is 0 Å². The third kappa shape index (κ3) is 3.05. The first-order valence-corrected chi connectivity index (χ1v) is 7.08. The van der Waals surface area contributed by atoms with Crippen molar-refractivity contribution in [3.8, 4) is 0 Å². The zero-order valence-electron chi connectivity index (χ0n) is 12.2. The lowest BCUT2D eigenvalue weighted by Crippen LogP contribution is -2.48. The average Bonchev–Trinajstić information content (AvgIpc) is 2.80. The van der Waals surface area contributed by atoms with Crippen LogP contribution in [0.1, 0.15) is 47.0 Å². The molecular formula is C14H28N2O2. The van der Waals surface area contributed by atoms with Crippen molar-refractivity contribution in [2.75, 3.05) is 13.2 Å². The molecule has 0 radical (unpaired) electrons. The maximum absolute atomic E-state index is 6.17. The molecule has 2 heterocycles. The van der Waals surface area contributed by atoms with Crippen LogP contribution in [0.4, 0.5) is 0 Å². The van der Waals surface area contributed by atoms with E-state index in [1.54, 1.807) is 0 Å². The zero-order valence-corrected chi connectivity index (χ0v) is 12.2. The van der Waals surface area contributed by atoms with E-state index < -0.39 is 0 Å². The fourth-order valence-electron chi connectivity index (χ4n) is 3.71. The molecule has 0 aromatic heterocycles. The number of hydrogen-bond donors (Lipinski definition) is 2. The third-order valence-corrected chi connectivity index (χ3v) is 4.45. The summed E-state index contributed by atoms with van der Waals surface area (Å²) < 4.78 is 11.6. The van der Waals surface area contributed by atoms with Gasteiger partial charge in [-0.1, -0.05) is 0 Å². The van der Waals surface area contributed by atoms with Crippen LogP contribution >= 0.6 is 0 Å². The van der Waals surface area contributed by atoms with E-state index in [4.69, 9.17) is 15.3 Å². The van der Waals surface area contributed by atoms with E-state index in [0.717, 1.165) is 32.5 Å². The predicted octanol–water partition coefficient (Wildman–Crippen LogP) is 1.84. The Balaban J connectivity index is 2.02. The van der Waals surface area contributed by atoms with Gasteiger partial charge in [-0.2, -0.15) is 0 Å². The van der Waals surface area contributed by atoms with E-state index in [1.807, 2.05) is 0 Å². The molecule has 2 rings (SSSR count). The van der Waals surface area contributed by atoms with Gasteiger partial charge in [0.05, 0.1) is 11.2 Å². The van der Waals surface area contributed by atoms with Crippen molar-refractivity contribution in [3.63, 3.8) is 0 Å². The Hall–Kier alpha value is -0.160. The van der Waals surface area contributed by atoms with E-state index in [9.17, 15) is 0 Å². The normalized spacial score (nSPS) is 35.8. The zero-order chi connectivity index (χ0) is 13.4. The highest BCUT2D eigenvalue weighted by Crippen LogP contribution is 2.44. The van der Waals surface area contributed by atoms with Crippen molar-refractivity contribution in [3.05, 3.63) is 0 Å². The van der Waals surface area contributed by atoms with Crippen molar-refractivity contribution >= 4 is 0 Å². The van der Waals surface area contributed by atoms with Gasteiger partial charge in [0.2, 0.25) is 0 Å². The van der Waals surface area contributed by atoms with Gasteiger partial charge in [-0.15, -0.1) is 0 Å². The lowest BCUT2D eigenvalue weighted by Gasteiger charge is -2.33. The lowest BCUT2D eigenvalue weighted by molar-refractivity contribution is -0.0783. The Morgan fingerprint density at radius 3 is 2.50 bits per heavy atom. The third-order valence-electron chi connectivity index (χ3n) is 4.45. The van der Waals surface area contributed by atoms with E-state index in [0.29, 0.717) is 17.9 Å². The van der Waals surface area contributed by atoms with Crippen molar-refractivity contribution in [1.82, 2.24) is 5.43 Å². The molecule has 0 saturated carbocycles. The number of rotatable bonds is 4. The van der Waals surface area contributed by atoms with Gasteiger partial charge >= 0.3 is 0 Å². The van der Waals surface area contributed by atoms with Crippen LogP contribution in [-0.4, -0.2) is 30.5 Å². The summed E-state index contributed by atoms with van der Waals surface area (Å²) in [5.74, 6) is 6.89. The molecular weight excluding hydrogens is 228 g/mol.